The summed E-state index contributed by atoms with van der Waals surface area (Å²) in [5, 5.41) is 2.91. The Balaban J connectivity index is 1.54. The van der Waals surface area contributed by atoms with Gasteiger partial charge in [-0.05, 0) is 36.4 Å². The Morgan fingerprint density at radius 1 is 0.923 bits per heavy atom. The molecule has 0 radical (unpaired) electrons. The number of nitrogens with zero attached hydrogens (tertiary/aromatic N) is 1. The molecular weight excluding hydrogens is 324 g/mol. The van der Waals surface area contributed by atoms with Crippen LogP contribution < -0.4 is 15.0 Å². The fraction of sp³-hybridized carbons (Fsp3) is 0.136. The predicted octanol–water partition coefficient (Wildman–Crippen LogP) is 4.34. The fourth-order valence-electron chi connectivity index (χ4n) is 3.10. The highest BCUT2D eigenvalue weighted by atomic mass is 16.5. The molecule has 4 rings (SSSR count). The summed E-state index contributed by atoms with van der Waals surface area (Å²) in [7, 11) is 0. The number of benzene rings is 3. The third-order valence-electron chi connectivity index (χ3n) is 4.46. The molecule has 0 aromatic heterocycles. The minimum atomic E-state index is -0.133. The molecule has 1 heterocycles. The van der Waals surface area contributed by atoms with Crippen LogP contribution in [0.5, 0.6) is 5.75 Å². The van der Waals surface area contributed by atoms with E-state index in [1.54, 1.807) is 0 Å². The topological polar surface area (TPSA) is 41.6 Å². The summed E-state index contributed by atoms with van der Waals surface area (Å²) in [5.74, 6) is 0.649. The van der Waals surface area contributed by atoms with Gasteiger partial charge in [-0.3, -0.25) is 4.79 Å². The van der Waals surface area contributed by atoms with Crippen LogP contribution in [0.1, 0.15) is 15.9 Å². The van der Waals surface area contributed by atoms with Crippen LogP contribution in [0.3, 0.4) is 0 Å². The molecule has 130 valence electrons. The normalized spacial score (nSPS) is 13.3. The van der Waals surface area contributed by atoms with Crippen molar-refractivity contribution in [2.45, 2.75) is 6.54 Å². The number of anilines is 2. The molecule has 26 heavy (non-hydrogen) atoms. The smallest absolute Gasteiger partial charge is 0.255 e. The molecule has 1 aliphatic rings. The lowest BCUT2D eigenvalue weighted by Crippen LogP contribution is -2.25. The monoisotopic (exact) mass is 344 g/mol. The molecular formula is C22H20N2O2. The Hall–Kier alpha value is -3.27. The second-order valence-electron chi connectivity index (χ2n) is 6.25. The van der Waals surface area contributed by atoms with Crippen LogP contribution in [0, 0.1) is 0 Å². The molecule has 4 nitrogen and oxygen atoms in total. The van der Waals surface area contributed by atoms with Gasteiger partial charge in [-0.2, -0.15) is 0 Å². The largest absolute Gasteiger partial charge is 0.491 e. The van der Waals surface area contributed by atoms with Crippen molar-refractivity contribution in [3.8, 4) is 5.75 Å². The maximum atomic E-state index is 12.5. The van der Waals surface area contributed by atoms with Gasteiger partial charge in [0.05, 0.1) is 6.54 Å². The van der Waals surface area contributed by atoms with Crippen LogP contribution >= 0.6 is 0 Å². The summed E-state index contributed by atoms with van der Waals surface area (Å²) in [4.78, 5) is 14.8. The second-order valence-corrected chi connectivity index (χ2v) is 6.25. The van der Waals surface area contributed by atoms with E-state index >= 15 is 0 Å². The average Bonchev–Trinajstić information content (AvgIpc) is 2.91. The number of carbonyl (C=O) groups excluding carboxylic acids is 1. The lowest BCUT2D eigenvalue weighted by molar-refractivity contribution is 0.102. The molecule has 0 spiro atoms. The molecule has 3 aromatic carbocycles. The SMILES string of the molecule is O=C(Nc1ccccc1)c1ccc2c(c1)OCCN(c1ccccc1)C2. The predicted molar refractivity (Wildman–Crippen MR) is 104 cm³/mol. The zero-order valence-corrected chi connectivity index (χ0v) is 14.4. The highest BCUT2D eigenvalue weighted by Gasteiger charge is 2.17. The van der Waals surface area contributed by atoms with Gasteiger partial charge in [-0.1, -0.05) is 42.5 Å². The number of amides is 1. The van der Waals surface area contributed by atoms with E-state index in [9.17, 15) is 4.79 Å². The van der Waals surface area contributed by atoms with E-state index in [4.69, 9.17) is 4.74 Å². The summed E-state index contributed by atoms with van der Waals surface area (Å²) in [6.45, 7) is 2.16. The Morgan fingerprint density at radius 3 is 2.42 bits per heavy atom. The quantitative estimate of drug-likeness (QED) is 0.768. The Labute approximate surface area is 153 Å². The highest BCUT2D eigenvalue weighted by Crippen LogP contribution is 2.27. The molecule has 0 saturated heterocycles. The molecule has 0 fully saturated rings. The number of fused-ring (bicyclic) bond motifs is 1. The van der Waals surface area contributed by atoms with Gasteiger partial charge in [0, 0.05) is 29.0 Å². The Kier molecular flexibility index (Phi) is 4.56. The number of hydrogen-bond acceptors (Lipinski definition) is 3. The summed E-state index contributed by atoms with van der Waals surface area (Å²) in [6, 6.07) is 25.4. The first kappa shape index (κ1) is 16.2. The number of carbonyl (C=O) groups is 1. The molecule has 1 aliphatic heterocycles. The van der Waals surface area contributed by atoms with E-state index in [1.165, 1.54) is 5.69 Å². The van der Waals surface area contributed by atoms with Crippen LogP contribution in [0.4, 0.5) is 11.4 Å². The van der Waals surface area contributed by atoms with Gasteiger partial charge in [-0.25, -0.2) is 0 Å². The first-order valence-electron chi connectivity index (χ1n) is 8.72. The van der Waals surface area contributed by atoms with Crippen LogP contribution in [0.2, 0.25) is 0 Å². The third kappa shape index (κ3) is 3.54. The standard InChI is InChI=1S/C22H20N2O2/c25-22(23-19-7-3-1-4-8-19)17-11-12-18-16-24(13-14-26-21(18)15-17)20-9-5-2-6-10-20/h1-12,15H,13-14,16H2,(H,23,25). The zero-order valence-electron chi connectivity index (χ0n) is 14.4. The van der Waals surface area contributed by atoms with Crippen molar-refractivity contribution in [3.63, 3.8) is 0 Å². The van der Waals surface area contributed by atoms with E-state index in [2.05, 4.69) is 22.3 Å². The fourth-order valence-corrected chi connectivity index (χ4v) is 3.10. The van der Waals surface area contributed by atoms with Crippen molar-refractivity contribution in [1.82, 2.24) is 0 Å². The van der Waals surface area contributed by atoms with Crippen molar-refractivity contribution < 1.29 is 9.53 Å². The van der Waals surface area contributed by atoms with Crippen molar-refractivity contribution in [2.75, 3.05) is 23.4 Å². The van der Waals surface area contributed by atoms with Crippen LogP contribution in [0.25, 0.3) is 0 Å². The van der Waals surface area contributed by atoms with Gasteiger partial charge >= 0.3 is 0 Å². The Bertz CT molecular complexity index is 895. The lowest BCUT2D eigenvalue weighted by atomic mass is 10.1. The lowest BCUT2D eigenvalue weighted by Gasteiger charge is -2.21. The van der Waals surface area contributed by atoms with Crippen molar-refractivity contribution >= 4 is 17.3 Å². The van der Waals surface area contributed by atoms with Crippen molar-refractivity contribution in [2.24, 2.45) is 0 Å². The van der Waals surface area contributed by atoms with Gasteiger partial charge in [0.1, 0.15) is 12.4 Å². The van der Waals surface area contributed by atoms with E-state index in [0.29, 0.717) is 12.2 Å². The molecule has 1 N–H and O–H groups in total. The molecule has 4 heteroatoms. The number of para-hydroxylation sites is 2. The second kappa shape index (κ2) is 7.31. The van der Waals surface area contributed by atoms with Gasteiger partial charge in [0.15, 0.2) is 0 Å². The Morgan fingerprint density at radius 2 is 1.65 bits per heavy atom. The van der Waals surface area contributed by atoms with Gasteiger partial charge < -0.3 is 15.0 Å². The zero-order chi connectivity index (χ0) is 17.8. The highest BCUT2D eigenvalue weighted by molar-refractivity contribution is 6.04. The molecule has 0 aliphatic carbocycles. The maximum Gasteiger partial charge on any atom is 0.255 e. The number of hydrogen-bond donors (Lipinski definition) is 1. The summed E-state index contributed by atoms with van der Waals surface area (Å²) < 4.78 is 5.92. The summed E-state index contributed by atoms with van der Waals surface area (Å²) >= 11 is 0. The van der Waals surface area contributed by atoms with Gasteiger partial charge in [0.25, 0.3) is 5.91 Å². The first-order chi connectivity index (χ1) is 12.8. The molecule has 1 amide bonds. The minimum absolute atomic E-state index is 0.133. The molecule has 0 unspecified atom stereocenters. The van der Waals surface area contributed by atoms with Gasteiger partial charge in [-0.15, -0.1) is 0 Å². The number of nitrogens with one attached hydrogen (secondary N) is 1. The summed E-state index contributed by atoms with van der Waals surface area (Å²) in [6.07, 6.45) is 0. The number of ether oxygens (including phenoxy) is 1. The van der Waals surface area contributed by atoms with E-state index in [-0.39, 0.29) is 5.91 Å². The minimum Gasteiger partial charge on any atom is -0.491 e. The van der Waals surface area contributed by atoms with E-state index < -0.39 is 0 Å². The van der Waals surface area contributed by atoms with E-state index in [0.717, 1.165) is 30.1 Å². The maximum absolute atomic E-state index is 12.5. The van der Waals surface area contributed by atoms with Crippen LogP contribution in [0.15, 0.2) is 78.9 Å². The molecule has 0 bridgehead atoms. The van der Waals surface area contributed by atoms with Crippen molar-refractivity contribution in [3.05, 3.63) is 90.0 Å². The third-order valence-corrected chi connectivity index (χ3v) is 4.46. The number of rotatable bonds is 3. The van der Waals surface area contributed by atoms with Crippen molar-refractivity contribution in [1.29, 1.82) is 0 Å². The molecule has 3 aromatic rings. The summed E-state index contributed by atoms with van der Waals surface area (Å²) in [5.41, 5.74) is 3.64. The average molecular weight is 344 g/mol. The molecule has 0 atom stereocenters. The van der Waals surface area contributed by atoms with E-state index in [1.807, 2.05) is 66.7 Å². The first-order valence-corrected chi connectivity index (χ1v) is 8.72. The van der Waals surface area contributed by atoms with Crippen LogP contribution in [-0.4, -0.2) is 19.1 Å². The van der Waals surface area contributed by atoms with Crippen LogP contribution in [-0.2, 0) is 6.54 Å². The molecule has 0 saturated carbocycles. The van der Waals surface area contributed by atoms with Gasteiger partial charge in [0.2, 0.25) is 0 Å².